The Kier molecular flexibility index (Phi) is 5.95. The van der Waals surface area contributed by atoms with Crippen LogP contribution in [0, 0.1) is 5.92 Å². The van der Waals surface area contributed by atoms with E-state index in [4.69, 9.17) is 0 Å². The van der Waals surface area contributed by atoms with E-state index in [-0.39, 0.29) is 17.2 Å². The van der Waals surface area contributed by atoms with E-state index in [0.29, 0.717) is 29.2 Å². The SMILES string of the molecule is CCc1nc(Nc2cc(C(C)(C)C)[nH]n2)nc(Sc2ccc(NC(=O)C3CC3)cc2)n1. The van der Waals surface area contributed by atoms with Crippen LogP contribution < -0.4 is 10.6 Å². The van der Waals surface area contributed by atoms with Gasteiger partial charge in [0.2, 0.25) is 11.9 Å². The number of carbonyl (C=O) groups is 1. The molecule has 8 nitrogen and oxygen atoms in total. The Bertz CT molecular complexity index is 1070. The van der Waals surface area contributed by atoms with E-state index in [9.17, 15) is 4.79 Å². The fraction of sp³-hybridized carbons (Fsp3) is 0.409. The minimum atomic E-state index is -0.0219. The molecule has 0 bridgehead atoms. The molecule has 3 N–H and O–H groups in total. The van der Waals surface area contributed by atoms with E-state index >= 15 is 0 Å². The number of amides is 1. The van der Waals surface area contributed by atoms with E-state index in [2.05, 4.69) is 56.6 Å². The molecule has 3 aromatic rings. The molecule has 2 heterocycles. The second kappa shape index (κ2) is 8.66. The van der Waals surface area contributed by atoms with Gasteiger partial charge in [-0.05, 0) is 48.9 Å². The first kappa shape index (κ1) is 21.3. The van der Waals surface area contributed by atoms with Crippen molar-refractivity contribution in [3.63, 3.8) is 0 Å². The van der Waals surface area contributed by atoms with Crippen molar-refractivity contribution in [3.05, 3.63) is 41.9 Å². The fourth-order valence-electron chi connectivity index (χ4n) is 2.84. The van der Waals surface area contributed by atoms with E-state index in [1.807, 2.05) is 37.3 Å². The lowest BCUT2D eigenvalue weighted by Crippen LogP contribution is -2.12. The summed E-state index contributed by atoms with van der Waals surface area (Å²) in [5, 5.41) is 14.1. The van der Waals surface area contributed by atoms with Crippen molar-refractivity contribution in [2.45, 2.75) is 62.4 Å². The maximum atomic E-state index is 11.9. The number of H-pyrrole nitrogens is 1. The summed E-state index contributed by atoms with van der Waals surface area (Å²) in [6.45, 7) is 8.39. The first-order chi connectivity index (χ1) is 14.8. The Morgan fingerprint density at radius 3 is 2.52 bits per heavy atom. The van der Waals surface area contributed by atoms with Crippen molar-refractivity contribution in [2.24, 2.45) is 5.92 Å². The average molecular weight is 438 g/mol. The number of aryl methyl sites for hydroxylation is 1. The van der Waals surface area contributed by atoms with Crippen LogP contribution in [-0.2, 0) is 16.6 Å². The van der Waals surface area contributed by atoms with Crippen molar-refractivity contribution in [3.8, 4) is 0 Å². The summed E-state index contributed by atoms with van der Waals surface area (Å²) in [5.74, 6) is 2.14. The van der Waals surface area contributed by atoms with Gasteiger partial charge in [0.15, 0.2) is 11.0 Å². The lowest BCUT2D eigenvalue weighted by molar-refractivity contribution is -0.117. The molecule has 162 valence electrons. The molecule has 9 heteroatoms. The number of nitrogens with one attached hydrogen (secondary N) is 3. The minimum Gasteiger partial charge on any atom is -0.326 e. The van der Waals surface area contributed by atoms with E-state index in [1.54, 1.807) is 0 Å². The highest BCUT2D eigenvalue weighted by atomic mass is 32.2. The largest absolute Gasteiger partial charge is 0.326 e. The Balaban J connectivity index is 1.47. The summed E-state index contributed by atoms with van der Waals surface area (Å²) in [4.78, 5) is 26.5. The van der Waals surface area contributed by atoms with Crippen LogP contribution in [0.4, 0.5) is 17.5 Å². The second-order valence-electron chi connectivity index (χ2n) is 8.64. The molecule has 0 atom stereocenters. The van der Waals surface area contributed by atoms with Gasteiger partial charge in [0, 0.05) is 40.1 Å². The van der Waals surface area contributed by atoms with Gasteiger partial charge < -0.3 is 10.6 Å². The summed E-state index contributed by atoms with van der Waals surface area (Å²) in [6, 6.07) is 9.69. The van der Waals surface area contributed by atoms with Crippen LogP contribution in [0.15, 0.2) is 40.4 Å². The number of aromatic nitrogens is 5. The summed E-state index contributed by atoms with van der Waals surface area (Å²) in [6.07, 6.45) is 2.68. The van der Waals surface area contributed by atoms with Crippen molar-refractivity contribution in [1.29, 1.82) is 0 Å². The molecule has 1 aromatic carbocycles. The lowest BCUT2D eigenvalue weighted by atomic mass is 9.92. The Labute approximate surface area is 186 Å². The van der Waals surface area contributed by atoms with E-state index in [1.165, 1.54) is 11.8 Å². The quantitative estimate of drug-likeness (QED) is 0.492. The van der Waals surface area contributed by atoms with Crippen molar-refractivity contribution in [2.75, 3.05) is 10.6 Å². The lowest BCUT2D eigenvalue weighted by Gasteiger charge is -2.14. The molecule has 0 unspecified atom stereocenters. The van der Waals surface area contributed by atoms with E-state index < -0.39 is 0 Å². The van der Waals surface area contributed by atoms with Gasteiger partial charge in [-0.15, -0.1) is 0 Å². The molecule has 1 fully saturated rings. The zero-order chi connectivity index (χ0) is 22.0. The van der Waals surface area contributed by atoms with Crippen LogP contribution in [0.1, 0.15) is 52.1 Å². The zero-order valence-electron chi connectivity index (χ0n) is 18.2. The number of anilines is 3. The summed E-state index contributed by atoms with van der Waals surface area (Å²) in [5.41, 5.74) is 1.82. The second-order valence-corrected chi connectivity index (χ2v) is 9.68. The standard InChI is InChI=1S/C22H27N7OS/c1-5-17-24-20(25-18-12-16(28-29-18)22(2,3)4)27-21(26-17)31-15-10-8-14(9-11-15)23-19(30)13-6-7-13/h8-13H,5-7H2,1-4H3,(H,23,30)(H2,24,25,26,27,28,29). The number of aromatic amines is 1. The smallest absolute Gasteiger partial charge is 0.232 e. The number of hydrogen-bond acceptors (Lipinski definition) is 7. The maximum absolute atomic E-state index is 11.9. The molecule has 2 aromatic heterocycles. The molecule has 0 aliphatic heterocycles. The molecule has 0 saturated heterocycles. The monoisotopic (exact) mass is 437 g/mol. The molecule has 1 amide bonds. The first-order valence-electron chi connectivity index (χ1n) is 10.5. The number of rotatable bonds is 7. The predicted molar refractivity (Wildman–Crippen MR) is 122 cm³/mol. The summed E-state index contributed by atoms with van der Waals surface area (Å²) >= 11 is 1.45. The van der Waals surface area contributed by atoms with Crippen LogP contribution in [0.3, 0.4) is 0 Å². The predicted octanol–water partition coefficient (Wildman–Crippen LogP) is 4.70. The molecule has 4 rings (SSSR count). The van der Waals surface area contributed by atoms with Gasteiger partial charge in [0.25, 0.3) is 0 Å². The molecule has 0 spiro atoms. The highest BCUT2D eigenvalue weighted by molar-refractivity contribution is 7.99. The molecule has 31 heavy (non-hydrogen) atoms. The summed E-state index contributed by atoms with van der Waals surface area (Å²) in [7, 11) is 0. The van der Waals surface area contributed by atoms with Crippen LogP contribution in [-0.4, -0.2) is 31.1 Å². The van der Waals surface area contributed by atoms with Crippen LogP contribution >= 0.6 is 11.8 Å². The molecule has 1 aliphatic carbocycles. The highest BCUT2D eigenvalue weighted by Gasteiger charge is 2.29. The van der Waals surface area contributed by atoms with Crippen molar-refractivity contribution in [1.82, 2.24) is 25.1 Å². The van der Waals surface area contributed by atoms with Gasteiger partial charge in [0.05, 0.1) is 0 Å². The summed E-state index contributed by atoms with van der Waals surface area (Å²) < 4.78 is 0. The number of hydrogen-bond donors (Lipinski definition) is 3. The van der Waals surface area contributed by atoms with Crippen LogP contribution in [0.25, 0.3) is 0 Å². The zero-order valence-corrected chi connectivity index (χ0v) is 19.0. The van der Waals surface area contributed by atoms with Gasteiger partial charge >= 0.3 is 0 Å². The number of nitrogens with zero attached hydrogens (tertiary/aromatic N) is 4. The molecule has 0 radical (unpaired) electrons. The van der Waals surface area contributed by atoms with Crippen molar-refractivity contribution < 1.29 is 4.79 Å². The van der Waals surface area contributed by atoms with Gasteiger partial charge in [-0.1, -0.05) is 27.7 Å². The third-order valence-electron chi connectivity index (χ3n) is 4.88. The van der Waals surface area contributed by atoms with Gasteiger partial charge in [-0.3, -0.25) is 9.89 Å². The van der Waals surface area contributed by atoms with E-state index in [0.717, 1.165) is 29.1 Å². The van der Waals surface area contributed by atoms with Gasteiger partial charge in [-0.25, -0.2) is 4.98 Å². The number of carbonyl (C=O) groups excluding carboxylic acids is 1. The Morgan fingerprint density at radius 2 is 1.90 bits per heavy atom. The van der Waals surface area contributed by atoms with Gasteiger partial charge in [0.1, 0.15) is 5.82 Å². The molecule has 1 aliphatic rings. The van der Waals surface area contributed by atoms with Crippen LogP contribution in [0.2, 0.25) is 0 Å². The van der Waals surface area contributed by atoms with Crippen molar-refractivity contribution >= 4 is 35.1 Å². The fourth-order valence-corrected chi connectivity index (χ4v) is 3.61. The molecular weight excluding hydrogens is 410 g/mol. The highest BCUT2D eigenvalue weighted by Crippen LogP contribution is 2.31. The van der Waals surface area contributed by atoms with Crippen LogP contribution in [0.5, 0.6) is 0 Å². The minimum absolute atomic E-state index is 0.0219. The number of benzene rings is 1. The Morgan fingerprint density at radius 1 is 1.16 bits per heavy atom. The molecular formula is C22H27N7OS. The topological polar surface area (TPSA) is 108 Å². The normalized spacial score (nSPS) is 13.8. The third-order valence-corrected chi connectivity index (χ3v) is 5.76. The average Bonchev–Trinajstić information content (AvgIpc) is 3.47. The molecule has 1 saturated carbocycles. The Hall–Kier alpha value is -2.94. The van der Waals surface area contributed by atoms with Gasteiger partial charge in [-0.2, -0.15) is 15.1 Å². The third kappa shape index (κ3) is 5.61. The first-order valence-corrected chi connectivity index (χ1v) is 11.3. The maximum Gasteiger partial charge on any atom is 0.232 e.